The van der Waals surface area contributed by atoms with E-state index < -0.39 is 0 Å². The number of rotatable bonds is 1. The van der Waals surface area contributed by atoms with Crippen molar-refractivity contribution in [2.45, 2.75) is 13.3 Å². The summed E-state index contributed by atoms with van der Waals surface area (Å²) < 4.78 is 0. The number of halogens is 2. The summed E-state index contributed by atoms with van der Waals surface area (Å²) in [4.78, 5) is 0. The fourth-order valence-corrected chi connectivity index (χ4v) is 1.52. The van der Waals surface area contributed by atoms with Crippen LogP contribution in [0, 0.1) is 5.92 Å². The van der Waals surface area contributed by atoms with Crippen molar-refractivity contribution in [1.82, 2.24) is 0 Å². The number of benzene rings is 1. The molecule has 0 N–H and O–H groups in total. The van der Waals surface area contributed by atoms with E-state index in [1.807, 2.05) is 0 Å². The van der Waals surface area contributed by atoms with Crippen LogP contribution in [0.4, 0.5) is 0 Å². The van der Waals surface area contributed by atoms with Gasteiger partial charge in [-0.25, -0.2) is 0 Å². The molecule has 1 aliphatic rings. The van der Waals surface area contributed by atoms with Crippen LogP contribution in [0.15, 0.2) is 30.3 Å². The van der Waals surface area contributed by atoms with E-state index >= 15 is 0 Å². The van der Waals surface area contributed by atoms with Gasteiger partial charge in [0.1, 0.15) is 0 Å². The van der Waals surface area contributed by atoms with Crippen LogP contribution in [0.1, 0.15) is 24.5 Å². The Bertz CT molecular complexity index is 310. The Balaban J connectivity index is 0.000000293. The predicted molar refractivity (Wildman–Crippen MR) is 76.2 cm³/mol. The molecule has 0 atom stereocenters. The second kappa shape index (κ2) is 7.41. The zero-order chi connectivity index (χ0) is 10.4. The molecule has 0 bridgehead atoms. The first-order chi connectivity index (χ1) is 6.83. The van der Waals surface area contributed by atoms with E-state index in [1.54, 1.807) is 0 Å². The van der Waals surface area contributed by atoms with Crippen LogP contribution in [-0.2, 0) is 11.7 Å². The van der Waals surface area contributed by atoms with E-state index in [2.05, 4.69) is 81.7 Å². The molecule has 0 fully saturated rings. The molecule has 0 saturated heterocycles. The Morgan fingerprint density at radius 1 is 1.14 bits per heavy atom. The van der Waals surface area contributed by atoms with E-state index in [-0.39, 0.29) is 0 Å². The van der Waals surface area contributed by atoms with Crippen LogP contribution in [0.25, 0.3) is 6.08 Å². The van der Waals surface area contributed by atoms with Gasteiger partial charge in [0.2, 0.25) is 0 Å². The summed E-state index contributed by atoms with van der Waals surface area (Å²) >= 11 is 5.24. The number of hydrogen-bond acceptors (Lipinski definition) is 0. The van der Waals surface area contributed by atoms with Crippen molar-refractivity contribution in [3.63, 3.8) is 0 Å². The van der Waals surface area contributed by atoms with Crippen LogP contribution in [0.5, 0.6) is 0 Å². The molecular formula is C11H11I2Ti. The van der Waals surface area contributed by atoms with E-state index in [1.165, 1.54) is 17.0 Å². The Hall–Kier alpha value is 1.13. The van der Waals surface area contributed by atoms with Crippen molar-refractivity contribution in [3.05, 3.63) is 47.4 Å². The van der Waals surface area contributed by atoms with Gasteiger partial charge in [-0.05, 0) is 17.5 Å². The topological polar surface area (TPSA) is 0 Å². The normalized spacial score (nSPS) is 13.1. The molecule has 14 heavy (non-hydrogen) atoms. The number of hydrogen-bond donors (Lipinski definition) is 0. The third kappa shape index (κ3) is 3.61. The Labute approximate surface area is 115 Å². The molecule has 0 spiro atoms. The quantitative estimate of drug-likeness (QED) is 0.430. The van der Waals surface area contributed by atoms with Gasteiger partial charge in [-0.2, -0.15) is 0 Å². The van der Waals surface area contributed by atoms with Crippen LogP contribution in [-0.4, -0.2) is 0 Å². The summed E-state index contributed by atoms with van der Waals surface area (Å²) in [5.74, 6) is 1.46. The van der Waals surface area contributed by atoms with Gasteiger partial charge < -0.3 is 0 Å². The van der Waals surface area contributed by atoms with Gasteiger partial charge in [-0.1, -0.05) is 43.3 Å². The summed E-state index contributed by atoms with van der Waals surface area (Å²) in [5, 5.41) is 0. The molecule has 3 heteroatoms. The SMILES string of the molecule is CC[C]1C=Cc2ccccc21.[I][Ti][I]. The molecule has 1 aromatic rings. The molecular weight excluding hydrogens is 434 g/mol. The first kappa shape index (κ1) is 13.2. The minimum absolute atomic E-state index is 0.440. The molecule has 0 nitrogen and oxygen atoms in total. The fraction of sp³-hybridized carbons (Fsp3) is 0.182. The van der Waals surface area contributed by atoms with Crippen molar-refractivity contribution in [3.8, 4) is 0 Å². The zero-order valence-corrected chi connectivity index (χ0v) is 13.8. The first-order valence-corrected chi connectivity index (χ1v) is 14.5. The molecule has 1 aromatic carbocycles. The van der Waals surface area contributed by atoms with E-state index in [0.717, 1.165) is 6.42 Å². The molecule has 0 heterocycles. The van der Waals surface area contributed by atoms with Gasteiger partial charge in [-0.3, -0.25) is 0 Å². The molecule has 0 aromatic heterocycles. The Morgan fingerprint density at radius 3 is 2.43 bits per heavy atom. The van der Waals surface area contributed by atoms with Crippen molar-refractivity contribution < 1.29 is 11.7 Å². The predicted octanol–water partition coefficient (Wildman–Crippen LogP) is 4.81. The van der Waals surface area contributed by atoms with Crippen molar-refractivity contribution in [1.29, 1.82) is 0 Å². The summed E-state index contributed by atoms with van der Waals surface area (Å²) in [6, 6.07) is 8.53. The van der Waals surface area contributed by atoms with Gasteiger partial charge in [0, 0.05) is 5.92 Å². The van der Waals surface area contributed by atoms with E-state index in [9.17, 15) is 0 Å². The van der Waals surface area contributed by atoms with Gasteiger partial charge in [-0.15, -0.1) is 0 Å². The van der Waals surface area contributed by atoms with E-state index in [4.69, 9.17) is 0 Å². The zero-order valence-electron chi connectivity index (χ0n) is 7.93. The molecule has 1 radical (unpaired) electrons. The summed E-state index contributed by atoms with van der Waals surface area (Å²) in [7, 11) is 0. The molecule has 0 unspecified atom stereocenters. The van der Waals surface area contributed by atoms with E-state index in [0.29, 0.717) is 11.7 Å². The molecule has 0 saturated carbocycles. The maximum atomic E-state index is 2.40. The van der Waals surface area contributed by atoms with Crippen LogP contribution in [0.2, 0.25) is 0 Å². The molecule has 73 valence electrons. The van der Waals surface area contributed by atoms with Crippen molar-refractivity contribution >= 4 is 44.5 Å². The Kier molecular flexibility index (Phi) is 6.99. The fourth-order valence-electron chi connectivity index (χ4n) is 1.52. The molecule has 0 aliphatic heterocycles. The van der Waals surface area contributed by atoms with Crippen LogP contribution >= 0.6 is 38.4 Å². The third-order valence-electron chi connectivity index (χ3n) is 2.15. The maximum absolute atomic E-state index is 2.40. The monoisotopic (exact) mass is 445 g/mol. The summed E-state index contributed by atoms with van der Waals surface area (Å²) in [6.45, 7) is 2.20. The minimum atomic E-state index is 0.440. The van der Waals surface area contributed by atoms with Crippen LogP contribution in [0.3, 0.4) is 0 Å². The number of allylic oxidation sites excluding steroid dienone is 1. The first-order valence-electron chi connectivity index (χ1n) is 4.43. The van der Waals surface area contributed by atoms with Crippen LogP contribution < -0.4 is 0 Å². The standard InChI is InChI=1S/C11H11.2HI.Ti/c1-2-9-7-8-10-5-3-4-6-11(9)10;;;/h3-8H,2H2,1H3;2*1H;/q;;;+2/p-2. The van der Waals surface area contributed by atoms with Crippen molar-refractivity contribution in [2.24, 2.45) is 0 Å². The third-order valence-corrected chi connectivity index (χ3v) is 2.15. The van der Waals surface area contributed by atoms with Gasteiger partial charge in [0.25, 0.3) is 0 Å². The molecule has 2 rings (SSSR count). The van der Waals surface area contributed by atoms with Gasteiger partial charge in [0.05, 0.1) is 0 Å². The van der Waals surface area contributed by atoms with Crippen molar-refractivity contribution in [2.75, 3.05) is 0 Å². The number of fused-ring (bicyclic) bond motifs is 1. The second-order valence-corrected chi connectivity index (χ2v) is 16.1. The summed E-state index contributed by atoms with van der Waals surface area (Å²) in [5.41, 5.74) is 2.78. The Morgan fingerprint density at radius 2 is 1.79 bits per heavy atom. The average molecular weight is 445 g/mol. The van der Waals surface area contributed by atoms with Gasteiger partial charge >= 0.3 is 50.0 Å². The second-order valence-electron chi connectivity index (χ2n) is 2.87. The molecule has 1 aliphatic carbocycles. The molecule has 0 amide bonds. The average Bonchev–Trinajstić information content (AvgIpc) is 2.62. The summed E-state index contributed by atoms with van der Waals surface area (Å²) in [6.07, 6.45) is 5.53. The van der Waals surface area contributed by atoms with Gasteiger partial charge in [0.15, 0.2) is 0 Å².